The largest absolute Gasteiger partial charge is 0.246 e. The first-order chi connectivity index (χ1) is 21.3. The zero-order valence-corrected chi connectivity index (χ0v) is 23.4. The van der Waals surface area contributed by atoms with Crippen LogP contribution in [0.1, 0.15) is 27.9 Å². The molecule has 43 heavy (non-hydrogen) atoms. The molecule has 8 rings (SSSR count). The van der Waals surface area contributed by atoms with Crippen LogP contribution in [0.4, 0.5) is 0 Å². The zero-order chi connectivity index (χ0) is 28.8. The van der Waals surface area contributed by atoms with Gasteiger partial charge in [-0.2, -0.15) is 5.26 Å². The van der Waals surface area contributed by atoms with Crippen LogP contribution in [0.5, 0.6) is 0 Å². The van der Waals surface area contributed by atoms with Gasteiger partial charge in [-0.1, -0.05) is 127 Å². The summed E-state index contributed by atoms with van der Waals surface area (Å²) in [6, 6.07) is 56.6. The Kier molecular flexibility index (Phi) is 5.77. The van der Waals surface area contributed by atoms with Crippen LogP contribution in [0.25, 0.3) is 44.2 Å². The van der Waals surface area contributed by atoms with Gasteiger partial charge in [-0.05, 0) is 90.7 Å². The molecule has 0 atom stereocenters. The minimum Gasteiger partial charge on any atom is -0.246 e. The van der Waals surface area contributed by atoms with Gasteiger partial charge in [-0.3, -0.25) is 0 Å². The Morgan fingerprint density at radius 2 is 1.09 bits per heavy atom. The van der Waals surface area contributed by atoms with Crippen molar-refractivity contribution in [2.24, 2.45) is 0 Å². The van der Waals surface area contributed by atoms with E-state index >= 15 is 0 Å². The van der Waals surface area contributed by atoms with E-state index in [1.165, 1.54) is 55.3 Å². The number of rotatable bonds is 4. The Balaban J connectivity index is 1.55. The van der Waals surface area contributed by atoms with Crippen molar-refractivity contribution in [3.63, 3.8) is 0 Å². The third-order valence-corrected chi connectivity index (χ3v) is 8.85. The van der Waals surface area contributed by atoms with Crippen molar-refractivity contribution in [2.45, 2.75) is 5.41 Å². The van der Waals surface area contributed by atoms with Crippen LogP contribution in [0.3, 0.4) is 0 Å². The number of hydrogen-bond donors (Lipinski definition) is 0. The second-order valence-corrected chi connectivity index (χ2v) is 11.0. The lowest BCUT2D eigenvalue weighted by Crippen LogP contribution is -2.28. The Morgan fingerprint density at radius 3 is 1.77 bits per heavy atom. The molecule has 0 N–H and O–H groups in total. The molecule has 2 heteroatoms. The molecule has 0 unspecified atom stereocenters. The van der Waals surface area contributed by atoms with Crippen LogP contribution < -0.4 is 0 Å². The Morgan fingerprint density at radius 1 is 0.488 bits per heavy atom. The zero-order valence-electron chi connectivity index (χ0n) is 23.4. The maximum absolute atomic E-state index is 9.57. The van der Waals surface area contributed by atoms with Crippen molar-refractivity contribution in [3.05, 3.63) is 186 Å². The third-order valence-electron chi connectivity index (χ3n) is 8.85. The number of nitriles is 1. The average Bonchev–Trinajstić information content (AvgIpc) is 3.39. The van der Waals surface area contributed by atoms with E-state index in [1.54, 1.807) is 6.20 Å². The number of hydrogen-bond acceptors (Lipinski definition) is 2. The van der Waals surface area contributed by atoms with Crippen LogP contribution in [-0.2, 0) is 5.41 Å². The minimum absolute atomic E-state index is 0.414. The van der Waals surface area contributed by atoms with Gasteiger partial charge in [-0.15, -0.1) is 0 Å². The molecular formula is C41H26N2. The molecule has 0 spiro atoms. The van der Waals surface area contributed by atoms with Crippen molar-refractivity contribution in [1.29, 1.82) is 5.26 Å². The summed E-state index contributed by atoms with van der Waals surface area (Å²) >= 11 is 0. The molecule has 0 amide bonds. The van der Waals surface area contributed by atoms with Crippen molar-refractivity contribution in [1.82, 2.24) is 4.98 Å². The molecule has 1 heterocycles. The van der Waals surface area contributed by atoms with Crippen LogP contribution in [0, 0.1) is 11.3 Å². The van der Waals surface area contributed by atoms with Crippen LogP contribution in [-0.4, -0.2) is 4.98 Å². The second-order valence-electron chi connectivity index (χ2n) is 11.0. The van der Waals surface area contributed by atoms with Crippen molar-refractivity contribution in [2.75, 3.05) is 0 Å². The highest BCUT2D eigenvalue weighted by Crippen LogP contribution is 2.59. The summed E-state index contributed by atoms with van der Waals surface area (Å²) in [5.74, 6) is 0. The lowest BCUT2D eigenvalue weighted by atomic mass is 9.67. The Labute approximate surface area is 251 Å². The molecule has 6 aromatic carbocycles. The van der Waals surface area contributed by atoms with E-state index in [0.717, 1.165) is 11.1 Å². The summed E-state index contributed by atoms with van der Waals surface area (Å²) < 4.78 is 0. The summed E-state index contributed by atoms with van der Waals surface area (Å²) in [5.41, 5.74) is 11.8. The molecule has 0 saturated heterocycles. The molecule has 0 fully saturated rings. The summed E-state index contributed by atoms with van der Waals surface area (Å²) in [4.78, 5) is 4.22. The van der Waals surface area contributed by atoms with Crippen molar-refractivity contribution < 1.29 is 0 Å². The van der Waals surface area contributed by atoms with Gasteiger partial charge in [0, 0.05) is 6.20 Å². The third kappa shape index (κ3) is 3.76. The predicted octanol–water partition coefficient (Wildman–Crippen LogP) is 9.80. The van der Waals surface area contributed by atoms with E-state index in [-0.39, 0.29) is 0 Å². The average molecular weight is 547 g/mol. The van der Waals surface area contributed by atoms with Gasteiger partial charge >= 0.3 is 0 Å². The van der Waals surface area contributed by atoms with Crippen molar-refractivity contribution in [3.8, 4) is 39.4 Å². The number of benzene rings is 6. The topological polar surface area (TPSA) is 36.7 Å². The van der Waals surface area contributed by atoms with E-state index in [0.29, 0.717) is 5.69 Å². The fourth-order valence-corrected chi connectivity index (χ4v) is 7.05. The van der Waals surface area contributed by atoms with Crippen LogP contribution in [0.15, 0.2) is 158 Å². The first kappa shape index (κ1) is 25.0. The van der Waals surface area contributed by atoms with E-state index < -0.39 is 5.41 Å². The molecule has 0 radical (unpaired) electrons. The first-order valence-corrected chi connectivity index (χ1v) is 14.5. The highest BCUT2D eigenvalue weighted by molar-refractivity contribution is 6.10. The van der Waals surface area contributed by atoms with Gasteiger partial charge in [0.15, 0.2) is 0 Å². The van der Waals surface area contributed by atoms with Gasteiger partial charge in [0.25, 0.3) is 0 Å². The van der Waals surface area contributed by atoms with E-state index in [4.69, 9.17) is 0 Å². The molecule has 1 aliphatic carbocycles. The number of nitrogens with zero attached hydrogens (tertiary/aromatic N) is 2. The summed E-state index contributed by atoms with van der Waals surface area (Å²) in [6.45, 7) is 0. The standard InChI is InChI=1S/C41H26N2/c42-27-33-24-30(22-23-43-33)29-20-21-36-38(25-29)41(31-14-6-2-7-15-31,32-16-8-3-9-17-32)39-26-37(28-12-4-1-5-13-28)34-18-10-11-19-35(34)40(36)39/h1-26H. The number of pyridine rings is 1. The molecule has 200 valence electrons. The van der Waals surface area contributed by atoms with E-state index in [1.807, 2.05) is 12.1 Å². The Hall–Kier alpha value is -5.78. The first-order valence-electron chi connectivity index (χ1n) is 14.5. The van der Waals surface area contributed by atoms with Gasteiger partial charge in [-0.25, -0.2) is 4.98 Å². The SMILES string of the molecule is N#Cc1cc(-c2ccc3c(c2)C(c2ccccc2)(c2ccccc2)c2cc(-c4ccccc4)c4ccccc4c2-3)ccn1. The quantitative estimate of drug-likeness (QED) is 0.220. The van der Waals surface area contributed by atoms with Crippen molar-refractivity contribution >= 4 is 10.8 Å². The fourth-order valence-electron chi connectivity index (χ4n) is 7.05. The smallest absolute Gasteiger partial charge is 0.141 e. The van der Waals surface area contributed by atoms with E-state index in [2.05, 4.69) is 151 Å². The highest BCUT2D eigenvalue weighted by atomic mass is 14.7. The molecule has 1 aliphatic rings. The molecule has 0 bridgehead atoms. The molecule has 0 aliphatic heterocycles. The monoisotopic (exact) mass is 546 g/mol. The molecule has 0 saturated carbocycles. The summed E-state index contributed by atoms with van der Waals surface area (Å²) in [7, 11) is 0. The van der Waals surface area contributed by atoms with E-state index in [9.17, 15) is 5.26 Å². The normalized spacial score (nSPS) is 12.8. The maximum Gasteiger partial charge on any atom is 0.141 e. The molecule has 2 nitrogen and oxygen atoms in total. The van der Waals surface area contributed by atoms with Gasteiger partial charge < -0.3 is 0 Å². The molecule has 7 aromatic rings. The molecular weight excluding hydrogens is 520 g/mol. The lowest BCUT2D eigenvalue weighted by molar-refractivity contribution is 0.769. The minimum atomic E-state index is -0.554. The van der Waals surface area contributed by atoms with Crippen LogP contribution >= 0.6 is 0 Å². The summed E-state index contributed by atoms with van der Waals surface area (Å²) in [6.07, 6.45) is 1.72. The summed E-state index contributed by atoms with van der Waals surface area (Å²) in [5, 5.41) is 12.1. The number of aromatic nitrogens is 1. The van der Waals surface area contributed by atoms with Gasteiger partial charge in [0.2, 0.25) is 0 Å². The Bertz CT molecular complexity index is 2140. The second kappa shape index (κ2) is 9.94. The number of fused-ring (bicyclic) bond motifs is 5. The fraction of sp³-hybridized carbons (Fsp3) is 0.0244. The van der Waals surface area contributed by atoms with Gasteiger partial charge in [0.05, 0.1) is 5.41 Å². The maximum atomic E-state index is 9.57. The van der Waals surface area contributed by atoms with Gasteiger partial charge in [0.1, 0.15) is 11.8 Å². The van der Waals surface area contributed by atoms with Crippen LogP contribution in [0.2, 0.25) is 0 Å². The predicted molar refractivity (Wildman–Crippen MR) is 175 cm³/mol. The lowest BCUT2D eigenvalue weighted by Gasteiger charge is -2.34. The highest BCUT2D eigenvalue weighted by Gasteiger charge is 2.47. The molecule has 1 aromatic heterocycles.